The second-order valence-electron chi connectivity index (χ2n) is 5.97. The highest BCUT2D eigenvalue weighted by molar-refractivity contribution is 14.0. The molecular weight excluding hydrogens is 406 g/mol. The number of guanidine groups is 1. The van der Waals surface area contributed by atoms with Crippen LogP contribution in [0.25, 0.3) is 0 Å². The average Bonchev–Trinajstić information content (AvgIpc) is 2.52. The van der Waals surface area contributed by atoms with Gasteiger partial charge in [-0.3, -0.25) is 0 Å². The molecule has 2 rings (SSSR count). The van der Waals surface area contributed by atoms with E-state index in [2.05, 4.69) is 34.5 Å². The third-order valence-electron chi connectivity index (χ3n) is 3.96. The van der Waals surface area contributed by atoms with Gasteiger partial charge in [-0.1, -0.05) is 12.1 Å². The first-order valence-electron chi connectivity index (χ1n) is 8.12. The number of nitrogens with one attached hydrogen (secondary N) is 2. The summed E-state index contributed by atoms with van der Waals surface area (Å²) in [6, 6.07) is 6.50. The zero-order valence-corrected chi connectivity index (χ0v) is 16.3. The molecule has 1 aromatic carbocycles. The Hall–Kier alpha value is -0.890. The molecule has 6 heteroatoms. The van der Waals surface area contributed by atoms with Gasteiger partial charge in [0.05, 0.1) is 6.54 Å². The van der Waals surface area contributed by atoms with Crippen LogP contribution in [0.4, 0.5) is 4.39 Å². The predicted octanol–water partition coefficient (Wildman–Crippen LogP) is 2.84. The average molecular weight is 434 g/mol. The van der Waals surface area contributed by atoms with Crippen LogP contribution < -0.4 is 10.6 Å². The Morgan fingerprint density at radius 1 is 1.30 bits per heavy atom. The van der Waals surface area contributed by atoms with Crippen molar-refractivity contribution < 1.29 is 4.39 Å². The van der Waals surface area contributed by atoms with Crippen LogP contribution >= 0.6 is 24.0 Å². The fourth-order valence-corrected chi connectivity index (χ4v) is 2.78. The Labute approximate surface area is 156 Å². The highest BCUT2D eigenvalue weighted by Crippen LogP contribution is 2.13. The lowest BCUT2D eigenvalue weighted by molar-refractivity contribution is 0.210. The number of likely N-dealkylation sites (tertiary alicyclic amines) is 1. The van der Waals surface area contributed by atoms with Gasteiger partial charge in [-0.25, -0.2) is 9.38 Å². The van der Waals surface area contributed by atoms with E-state index in [-0.39, 0.29) is 29.8 Å². The minimum atomic E-state index is -0.209. The summed E-state index contributed by atoms with van der Waals surface area (Å²) in [5, 5.41) is 6.70. The van der Waals surface area contributed by atoms with E-state index < -0.39 is 0 Å². The minimum Gasteiger partial charge on any atom is -0.357 e. The third kappa shape index (κ3) is 7.48. The summed E-state index contributed by atoms with van der Waals surface area (Å²) in [6.07, 6.45) is 2.54. The minimum absolute atomic E-state index is 0. The molecule has 4 nitrogen and oxygen atoms in total. The molecule has 1 fully saturated rings. The fourth-order valence-electron chi connectivity index (χ4n) is 2.78. The number of hydrogen-bond acceptors (Lipinski definition) is 2. The molecule has 0 bridgehead atoms. The molecule has 1 aromatic rings. The molecule has 1 unspecified atom stereocenters. The summed E-state index contributed by atoms with van der Waals surface area (Å²) < 4.78 is 12.9. The maximum absolute atomic E-state index is 12.9. The molecule has 1 saturated heterocycles. The topological polar surface area (TPSA) is 39.7 Å². The van der Waals surface area contributed by atoms with Gasteiger partial charge in [0, 0.05) is 19.6 Å². The Balaban J connectivity index is 0.00000264. The van der Waals surface area contributed by atoms with Gasteiger partial charge < -0.3 is 15.5 Å². The highest BCUT2D eigenvalue weighted by Gasteiger charge is 2.17. The van der Waals surface area contributed by atoms with Crippen molar-refractivity contribution >= 4 is 29.9 Å². The number of benzene rings is 1. The van der Waals surface area contributed by atoms with Gasteiger partial charge in [-0.05, 0) is 57.0 Å². The molecule has 0 radical (unpaired) electrons. The predicted molar refractivity (Wildman–Crippen MR) is 105 cm³/mol. The van der Waals surface area contributed by atoms with E-state index in [0.717, 1.165) is 31.2 Å². The van der Waals surface area contributed by atoms with Crippen LogP contribution in [0.15, 0.2) is 29.3 Å². The molecule has 1 heterocycles. The zero-order valence-electron chi connectivity index (χ0n) is 14.0. The fraction of sp³-hybridized carbons (Fsp3) is 0.588. The van der Waals surface area contributed by atoms with Gasteiger partial charge in [0.1, 0.15) is 5.82 Å². The van der Waals surface area contributed by atoms with Crippen molar-refractivity contribution in [1.82, 2.24) is 15.5 Å². The number of piperidine rings is 1. The van der Waals surface area contributed by atoms with E-state index in [1.165, 1.54) is 31.5 Å². The summed E-state index contributed by atoms with van der Waals surface area (Å²) in [5.74, 6) is 1.30. The molecule has 1 aliphatic rings. The van der Waals surface area contributed by atoms with Crippen LogP contribution in [-0.2, 0) is 6.54 Å². The smallest absolute Gasteiger partial charge is 0.191 e. The Morgan fingerprint density at radius 3 is 2.70 bits per heavy atom. The van der Waals surface area contributed by atoms with Gasteiger partial charge in [-0.15, -0.1) is 24.0 Å². The lowest BCUT2D eigenvalue weighted by atomic mass is 9.99. The maximum Gasteiger partial charge on any atom is 0.191 e. The molecule has 0 amide bonds. The van der Waals surface area contributed by atoms with Crippen molar-refractivity contribution in [1.29, 1.82) is 0 Å². The van der Waals surface area contributed by atoms with Crippen molar-refractivity contribution in [2.24, 2.45) is 10.9 Å². The van der Waals surface area contributed by atoms with Gasteiger partial charge in [0.25, 0.3) is 0 Å². The van der Waals surface area contributed by atoms with Gasteiger partial charge in [0.2, 0.25) is 0 Å². The first kappa shape index (κ1) is 20.2. The molecule has 0 aromatic heterocycles. The molecule has 1 aliphatic heterocycles. The lowest BCUT2D eigenvalue weighted by Crippen LogP contribution is -2.43. The van der Waals surface area contributed by atoms with E-state index in [0.29, 0.717) is 12.5 Å². The summed E-state index contributed by atoms with van der Waals surface area (Å²) in [4.78, 5) is 6.96. The second kappa shape index (κ2) is 10.8. The van der Waals surface area contributed by atoms with Crippen molar-refractivity contribution in [3.8, 4) is 0 Å². The van der Waals surface area contributed by atoms with Crippen molar-refractivity contribution in [2.75, 3.05) is 33.2 Å². The standard InChI is InChI=1S/C17H27FN4.HI/c1-3-19-17(20-11-14-6-8-16(18)9-7-14)21-12-15-5-4-10-22(2)13-15;/h6-9,15H,3-5,10-13H2,1-2H3,(H2,19,20,21);1H. The summed E-state index contributed by atoms with van der Waals surface area (Å²) in [5.41, 5.74) is 1.01. The highest BCUT2D eigenvalue weighted by atomic mass is 127. The molecule has 0 aliphatic carbocycles. The number of nitrogens with zero attached hydrogens (tertiary/aromatic N) is 2. The van der Waals surface area contributed by atoms with E-state index in [1.54, 1.807) is 12.1 Å². The van der Waals surface area contributed by atoms with E-state index in [4.69, 9.17) is 0 Å². The molecule has 23 heavy (non-hydrogen) atoms. The van der Waals surface area contributed by atoms with Crippen molar-refractivity contribution in [3.63, 3.8) is 0 Å². The lowest BCUT2D eigenvalue weighted by Gasteiger charge is -2.30. The van der Waals surface area contributed by atoms with Crippen LogP contribution in [0, 0.1) is 11.7 Å². The van der Waals surface area contributed by atoms with E-state index in [1.807, 2.05) is 0 Å². The van der Waals surface area contributed by atoms with Crippen LogP contribution in [0.1, 0.15) is 25.3 Å². The van der Waals surface area contributed by atoms with Gasteiger partial charge in [0.15, 0.2) is 5.96 Å². The van der Waals surface area contributed by atoms with Crippen LogP contribution in [0.5, 0.6) is 0 Å². The molecule has 0 spiro atoms. The SMILES string of the molecule is CCNC(=NCc1ccc(F)cc1)NCC1CCCN(C)C1.I. The van der Waals surface area contributed by atoms with Crippen LogP contribution in [0.2, 0.25) is 0 Å². The van der Waals surface area contributed by atoms with Crippen molar-refractivity contribution in [3.05, 3.63) is 35.6 Å². The van der Waals surface area contributed by atoms with E-state index in [9.17, 15) is 4.39 Å². The van der Waals surface area contributed by atoms with Crippen LogP contribution in [-0.4, -0.2) is 44.1 Å². The van der Waals surface area contributed by atoms with E-state index >= 15 is 0 Å². The molecular formula is C17H28FIN4. The number of aliphatic imine (C=N–C) groups is 1. The Kier molecular flexibility index (Phi) is 9.47. The maximum atomic E-state index is 12.9. The number of hydrogen-bond donors (Lipinski definition) is 2. The molecule has 130 valence electrons. The first-order valence-corrected chi connectivity index (χ1v) is 8.12. The Morgan fingerprint density at radius 2 is 2.04 bits per heavy atom. The normalized spacial score (nSPS) is 19.1. The number of halogens is 2. The summed E-state index contributed by atoms with van der Waals surface area (Å²) in [6.45, 7) is 6.74. The second-order valence-corrected chi connectivity index (χ2v) is 5.97. The third-order valence-corrected chi connectivity index (χ3v) is 3.96. The molecule has 0 saturated carbocycles. The van der Waals surface area contributed by atoms with Gasteiger partial charge >= 0.3 is 0 Å². The van der Waals surface area contributed by atoms with Crippen molar-refractivity contribution in [2.45, 2.75) is 26.3 Å². The zero-order chi connectivity index (χ0) is 15.8. The summed E-state index contributed by atoms with van der Waals surface area (Å²) in [7, 11) is 2.18. The summed E-state index contributed by atoms with van der Waals surface area (Å²) >= 11 is 0. The van der Waals surface area contributed by atoms with Gasteiger partial charge in [-0.2, -0.15) is 0 Å². The Bertz CT molecular complexity index is 478. The number of rotatable bonds is 5. The monoisotopic (exact) mass is 434 g/mol. The van der Waals surface area contributed by atoms with Crippen LogP contribution in [0.3, 0.4) is 0 Å². The quantitative estimate of drug-likeness (QED) is 0.426. The first-order chi connectivity index (χ1) is 10.7. The molecule has 2 N–H and O–H groups in total. The molecule has 1 atom stereocenters. The largest absolute Gasteiger partial charge is 0.357 e.